The highest BCUT2D eigenvalue weighted by Gasteiger charge is 2.14. The molecule has 0 saturated heterocycles. The first-order valence-electron chi connectivity index (χ1n) is 8.45. The molecule has 2 aromatic carbocycles. The van der Waals surface area contributed by atoms with Crippen LogP contribution < -0.4 is 5.56 Å². The number of fused-ring (bicyclic) bond motifs is 1. The van der Waals surface area contributed by atoms with E-state index in [0.717, 1.165) is 11.1 Å². The monoisotopic (exact) mass is 376 g/mol. The van der Waals surface area contributed by atoms with Crippen molar-refractivity contribution in [3.05, 3.63) is 105 Å². The van der Waals surface area contributed by atoms with Crippen molar-refractivity contribution in [3.8, 4) is 0 Å². The smallest absolute Gasteiger partial charge is 0.338 e. The molecule has 0 N–H and O–H groups in total. The largest absolute Gasteiger partial charge is 0.456 e. The van der Waals surface area contributed by atoms with Crippen LogP contribution in [0.4, 0.5) is 0 Å². The van der Waals surface area contributed by atoms with Crippen molar-refractivity contribution in [2.45, 2.75) is 13.0 Å². The Balaban J connectivity index is 1.52. The van der Waals surface area contributed by atoms with Gasteiger partial charge < -0.3 is 4.74 Å². The molecule has 6 heteroatoms. The van der Waals surface area contributed by atoms with Gasteiger partial charge in [0.1, 0.15) is 6.61 Å². The Kier molecular flexibility index (Phi) is 4.80. The minimum atomic E-state index is -0.422. The van der Waals surface area contributed by atoms with Crippen molar-refractivity contribution in [2.24, 2.45) is 0 Å². The van der Waals surface area contributed by atoms with E-state index in [1.807, 2.05) is 48.5 Å². The fraction of sp³-hybridized carbons (Fsp3) is 0.0952. The topological polar surface area (TPSA) is 60.7 Å². The van der Waals surface area contributed by atoms with Gasteiger partial charge in [0, 0.05) is 17.6 Å². The Morgan fingerprint density at radius 2 is 1.85 bits per heavy atom. The van der Waals surface area contributed by atoms with Crippen molar-refractivity contribution < 1.29 is 9.53 Å². The summed E-state index contributed by atoms with van der Waals surface area (Å²) < 4.78 is 6.89. The quantitative estimate of drug-likeness (QED) is 0.498. The molecule has 0 saturated carbocycles. The van der Waals surface area contributed by atoms with Crippen LogP contribution in [-0.4, -0.2) is 15.4 Å². The SMILES string of the molecule is O=C(OCc1cc(=O)n2ccsc2n1)c1ccccc1Cc1ccccc1. The van der Waals surface area contributed by atoms with E-state index in [2.05, 4.69) is 4.98 Å². The highest BCUT2D eigenvalue weighted by atomic mass is 32.1. The number of rotatable bonds is 5. The van der Waals surface area contributed by atoms with Gasteiger partial charge in [-0.1, -0.05) is 48.5 Å². The fourth-order valence-electron chi connectivity index (χ4n) is 2.87. The summed E-state index contributed by atoms with van der Waals surface area (Å²) in [4.78, 5) is 29.6. The van der Waals surface area contributed by atoms with Crippen molar-refractivity contribution in [3.63, 3.8) is 0 Å². The molecule has 0 spiro atoms. The van der Waals surface area contributed by atoms with Crippen molar-refractivity contribution in [1.29, 1.82) is 0 Å². The van der Waals surface area contributed by atoms with Gasteiger partial charge in [-0.05, 0) is 23.6 Å². The van der Waals surface area contributed by atoms with Gasteiger partial charge >= 0.3 is 5.97 Å². The van der Waals surface area contributed by atoms with Crippen LogP contribution in [-0.2, 0) is 17.8 Å². The minimum Gasteiger partial charge on any atom is -0.456 e. The molecule has 0 atom stereocenters. The van der Waals surface area contributed by atoms with E-state index >= 15 is 0 Å². The first kappa shape index (κ1) is 17.2. The Bertz CT molecular complexity index is 1150. The van der Waals surface area contributed by atoms with Crippen LogP contribution in [0.5, 0.6) is 0 Å². The van der Waals surface area contributed by atoms with Crippen LogP contribution in [0.25, 0.3) is 4.96 Å². The van der Waals surface area contributed by atoms with E-state index in [0.29, 0.717) is 22.6 Å². The highest BCUT2D eigenvalue weighted by molar-refractivity contribution is 7.15. The van der Waals surface area contributed by atoms with E-state index in [1.165, 1.54) is 21.8 Å². The predicted molar refractivity (Wildman–Crippen MR) is 104 cm³/mol. The Labute approximate surface area is 159 Å². The molecule has 0 fully saturated rings. The van der Waals surface area contributed by atoms with E-state index in [9.17, 15) is 9.59 Å². The van der Waals surface area contributed by atoms with Crippen molar-refractivity contribution in [1.82, 2.24) is 9.38 Å². The predicted octanol–water partition coefficient (Wildman–Crippen LogP) is 3.70. The summed E-state index contributed by atoms with van der Waals surface area (Å²) in [5.74, 6) is -0.422. The maximum Gasteiger partial charge on any atom is 0.338 e. The second-order valence-corrected chi connectivity index (χ2v) is 6.91. The third kappa shape index (κ3) is 3.80. The van der Waals surface area contributed by atoms with Gasteiger partial charge in [0.05, 0.1) is 11.3 Å². The first-order chi connectivity index (χ1) is 13.2. The second kappa shape index (κ2) is 7.55. The number of benzene rings is 2. The molecule has 2 aromatic heterocycles. The number of hydrogen-bond acceptors (Lipinski definition) is 5. The molecule has 0 aliphatic rings. The molecular formula is C21H16N2O3S. The molecule has 4 rings (SSSR count). The van der Waals surface area contributed by atoms with Crippen LogP contribution in [0, 0.1) is 0 Å². The number of carbonyl (C=O) groups excluding carboxylic acids is 1. The van der Waals surface area contributed by atoms with Gasteiger partial charge in [0.2, 0.25) is 0 Å². The summed E-state index contributed by atoms with van der Waals surface area (Å²) >= 11 is 1.36. The molecule has 0 amide bonds. The molecular weight excluding hydrogens is 360 g/mol. The summed E-state index contributed by atoms with van der Waals surface area (Å²) in [6.45, 7) is -0.0395. The molecule has 4 aromatic rings. The zero-order valence-corrected chi connectivity index (χ0v) is 15.2. The lowest BCUT2D eigenvalue weighted by atomic mass is 10.00. The standard InChI is InChI=1S/C21H16N2O3S/c24-19-13-17(22-21-23(19)10-11-27-21)14-26-20(25)18-9-5-4-8-16(18)12-15-6-2-1-3-7-15/h1-11,13H,12,14H2. The van der Waals surface area contributed by atoms with Crippen LogP contribution >= 0.6 is 11.3 Å². The van der Waals surface area contributed by atoms with Crippen LogP contribution in [0.3, 0.4) is 0 Å². The summed E-state index contributed by atoms with van der Waals surface area (Å²) in [7, 11) is 0. The number of esters is 1. The third-order valence-corrected chi connectivity index (χ3v) is 4.94. The Morgan fingerprint density at radius 1 is 1.07 bits per heavy atom. The molecule has 0 aliphatic heterocycles. The normalized spacial score (nSPS) is 10.8. The summed E-state index contributed by atoms with van der Waals surface area (Å²) in [6.07, 6.45) is 2.32. The highest BCUT2D eigenvalue weighted by Crippen LogP contribution is 2.16. The third-order valence-electron chi connectivity index (χ3n) is 4.18. The molecule has 0 aliphatic carbocycles. The number of aromatic nitrogens is 2. The Morgan fingerprint density at radius 3 is 2.70 bits per heavy atom. The molecule has 5 nitrogen and oxygen atoms in total. The molecule has 0 unspecified atom stereocenters. The lowest BCUT2D eigenvalue weighted by molar-refractivity contribution is 0.0466. The van der Waals surface area contributed by atoms with Gasteiger partial charge in [0.25, 0.3) is 5.56 Å². The molecule has 0 radical (unpaired) electrons. The van der Waals surface area contributed by atoms with Gasteiger partial charge in [0.15, 0.2) is 4.96 Å². The van der Waals surface area contributed by atoms with E-state index in [-0.39, 0.29) is 12.2 Å². The van der Waals surface area contributed by atoms with Crippen LogP contribution in [0.2, 0.25) is 0 Å². The maximum atomic E-state index is 12.6. The second-order valence-electron chi connectivity index (χ2n) is 6.04. The van der Waals surface area contributed by atoms with E-state index in [4.69, 9.17) is 4.74 Å². The Hall–Kier alpha value is -3.25. The number of thiazole rings is 1. The van der Waals surface area contributed by atoms with Crippen molar-refractivity contribution >= 4 is 22.3 Å². The molecule has 0 bridgehead atoms. The number of carbonyl (C=O) groups is 1. The molecule has 27 heavy (non-hydrogen) atoms. The van der Waals surface area contributed by atoms with Gasteiger partial charge in [-0.15, -0.1) is 11.3 Å². The fourth-order valence-corrected chi connectivity index (χ4v) is 3.61. The number of nitrogens with zero attached hydrogens (tertiary/aromatic N) is 2. The van der Waals surface area contributed by atoms with Crippen molar-refractivity contribution in [2.75, 3.05) is 0 Å². The first-order valence-corrected chi connectivity index (χ1v) is 9.33. The average Bonchev–Trinajstić information content (AvgIpc) is 3.17. The number of ether oxygens (including phenoxy) is 1. The van der Waals surface area contributed by atoms with Gasteiger partial charge in [-0.3, -0.25) is 9.20 Å². The summed E-state index contributed by atoms with van der Waals surface area (Å²) in [6, 6.07) is 18.7. The average molecular weight is 376 g/mol. The lowest BCUT2D eigenvalue weighted by Gasteiger charge is -2.10. The number of hydrogen-bond donors (Lipinski definition) is 0. The molecule has 2 heterocycles. The summed E-state index contributed by atoms with van der Waals surface area (Å²) in [5, 5.41) is 1.79. The lowest BCUT2D eigenvalue weighted by Crippen LogP contribution is -2.15. The van der Waals surface area contributed by atoms with Gasteiger partial charge in [-0.2, -0.15) is 0 Å². The minimum absolute atomic E-state index is 0.0395. The summed E-state index contributed by atoms with van der Waals surface area (Å²) in [5.41, 5.74) is 2.80. The van der Waals surface area contributed by atoms with E-state index in [1.54, 1.807) is 17.6 Å². The maximum absolute atomic E-state index is 12.6. The van der Waals surface area contributed by atoms with Gasteiger partial charge in [-0.25, -0.2) is 9.78 Å². The van der Waals surface area contributed by atoms with Crippen LogP contribution in [0.1, 0.15) is 27.2 Å². The van der Waals surface area contributed by atoms with E-state index < -0.39 is 5.97 Å². The zero-order valence-electron chi connectivity index (χ0n) is 14.4. The zero-order chi connectivity index (χ0) is 18.6. The molecule has 134 valence electrons. The van der Waals surface area contributed by atoms with Crippen LogP contribution in [0.15, 0.2) is 77.0 Å².